The number of benzene rings is 3. The molecule has 3 aromatic rings. The van der Waals surface area contributed by atoms with Crippen LogP contribution in [0.15, 0.2) is 83.8 Å². The SMILES string of the molecule is CC[C@@H](C)NC(=O)[C@@H](C)N(Cc1ccccc1C)C(=O)CN(c1ccc(I)cc1)S(=O)(=O)c1ccccc1. The van der Waals surface area contributed by atoms with Gasteiger partial charge in [-0.3, -0.25) is 13.9 Å². The van der Waals surface area contributed by atoms with E-state index in [1.165, 1.54) is 17.0 Å². The maximum atomic E-state index is 13.9. The van der Waals surface area contributed by atoms with Crippen LogP contribution in [0.4, 0.5) is 5.69 Å². The van der Waals surface area contributed by atoms with Gasteiger partial charge in [0.05, 0.1) is 10.6 Å². The Morgan fingerprint density at radius 1 is 0.921 bits per heavy atom. The number of hydrogen-bond acceptors (Lipinski definition) is 4. The Kier molecular flexibility index (Phi) is 10.3. The summed E-state index contributed by atoms with van der Waals surface area (Å²) < 4.78 is 29.6. The van der Waals surface area contributed by atoms with Crippen LogP contribution in [0.3, 0.4) is 0 Å². The van der Waals surface area contributed by atoms with Crippen LogP contribution in [-0.2, 0) is 26.2 Å². The summed E-state index contributed by atoms with van der Waals surface area (Å²) in [6, 6.07) is 21.8. The molecule has 0 fully saturated rings. The Bertz CT molecular complexity index is 1350. The minimum atomic E-state index is -4.06. The summed E-state index contributed by atoms with van der Waals surface area (Å²) in [5.74, 6) is -0.758. The van der Waals surface area contributed by atoms with Crippen molar-refractivity contribution in [3.8, 4) is 0 Å². The van der Waals surface area contributed by atoms with Crippen molar-refractivity contribution in [3.05, 3.63) is 93.6 Å². The first-order valence-corrected chi connectivity index (χ1v) is 15.0. The molecule has 0 saturated carbocycles. The molecule has 0 spiro atoms. The number of anilines is 1. The van der Waals surface area contributed by atoms with E-state index in [4.69, 9.17) is 0 Å². The van der Waals surface area contributed by atoms with Crippen LogP contribution in [0.5, 0.6) is 0 Å². The Morgan fingerprint density at radius 3 is 2.13 bits per heavy atom. The summed E-state index contributed by atoms with van der Waals surface area (Å²) in [7, 11) is -4.06. The monoisotopic (exact) mass is 647 g/mol. The maximum Gasteiger partial charge on any atom is 0.264 e. The lowest BCUT2D eigenvalue weighted by atomic mass is 10.1. The number of hydrogen-bond donors (Lipinski definition) is 1. The van der Waals surface area contributed by atoms with Crippen LogP contribution in [-0.4, -0.2) is 43.8 Å². The average molecular weight is 648 g/mol. The molecule has 2 amide bonds. The van der Waals surface area contributed by atoms with Crippen LogP contribution >= 0.6 is 22.6 Å². The molecule has 0 bridgehead atoms. The molecule has 202 valence electrons. The molecular formula is C29H34IN3O4S. The van der Waals surface area contributed by atoms with E-state index in [9.17, 15) is 18.0 Å². The van der Waals surface area contributed by atoms with Crippen molar-refractivity contribution in [1.29, 1.82) is 0 Å². The highest BCUT2D eigenvalue weighted by Gasteiger charge is 2.32. The van der Waals surface area contributed by atoms with Gasteiger partial charge in [0.25, 0.3) is 10.0 Å². The van der Waals surface area contributed by atoms with Crippen LogP contribution in [0, 0.1) is 10.5 Å². The van der Waals surface area contributed by atoms with Crippen LogP contribution < -0.4 is 9.62 Å². The Morgan fingerprint density at radius 2 is 1.53 bits per heavy atom. The highest BCUT2D eigenvalue weighted by atomic mass is 127. The lowest BCUT2D eigenvalue weighted by Crippen LogP contribution is -2.52. The van der Waals surface area contributed by atoms with Crippen LogP contribution in [0.1, 0.15) is 38.3 Å². The first-order valence-electron chi connectivity index (χ1n) is 12.5. The Labute approximate surface area is 239 Å². The van der Waals surface area contributed by atoms with E-state index in [0.717, 1.165) is 25.4 Å². The zero-order valence-electron chi connectivity index (χ0n) is 22.1. The normalized spacial score (nSPS) is 12.9. The van der Waals surface area contributed by atoms with Crippen molar-refractivity contribution in [2.75, 3.05) is 10.8 Å². The second kappa shape index (κ2) is 13.2. The molecule has 0 heterocycles. The van der Waals surface area contributed by atoms with Crippen molar-refractivity contribution in [2.45, 2.75) is 57.6 Å². The maximum absolute atomic E-state index is 13.9. The third-order valence-corrected chi connectivity index (χ3v) is 9.00. The van der Waals surface area contributed by atoms with E-state index in [1.54, 1.807) is 49.4 Å². The zero-order chi connectivity index (χ0) is 27.9. The quantitative estimate of drug-likeness (QED) is 0.293. The second-order valence-corrected chi connectivity index (χ2v) is 12.4. The van der Waals surface area contributed by atoms with E-state index >= 15 is 0 Å². The topological polar surface area (TPSA) is 86.8 Å². The fourth-order valence-corrected chi connectivity index (χ4v) is 5.67. The number of rotatable bonds is 11. The van der Waals surface area contributed by atoms with Gasteiger partial charge in [-0.15, -0.1) is 0 Å². The first kappa shape index (κ1) is 29.6. The molecule has 0 aliphatic carbocycles. The minimum Gasteiger partial charge on any atom is -0.352 e. The van der Waals surface area contributed by atoms with Crippen molar-refractivity contribution >= 4 is 50.1 Å². The molecule has 0 saturated heterocycles. The molecular weight excluding hydrogens is 613 g/mol. The lowest BCUT2D eigenvalue weighted by molar-refractivity contribution is -0.139. The summed E-state index contributed by atoms with van der Waals surface area (Å²) in [5, 5.41) is 2.95. The summed E-state index contributed by atoms with van der Waals surface area (Å²) >= 11 is 2.14. The number of aryl methyl sites for hydroxylation is 1. The third kappa shape index (κ3) is 7.35. The molecule has 3 rings (SSSR count). The van der Waals surface area contributed by atoms with Gasteiger partial charge in [0.15, 0.2) is 0 Å². The molecule has 0 radical (unpaired) electrons. The number of carbonyl (C=O) groups is 2. The Hall–Kier alpha value is -2.92. The molecule has 38 heavy (non-hydrogen) atoms. The van der Waals surface area contributed by atoms with Gasteiger partial charge in [0.2, 0.25) is 11.8 Å². The molecule has 1 N–H and O–H groups in total. The van der Waals surface area contributed by atoms with Crippen molar-refractivity contribution < 1.29 is 18.0 Å². The molecule has 0 aliphatic rings. The second-order valence-electron chi connectivity index (χ2n) is 9.24. The van der Waals surface area contributed by atoms with Crippen LogP contribution in [0.2, 0.25) is 0 Å². The number of nitrogens with one attached hydrogen (secondary N) is 1. The van der Waals surface area contributed by atoms with Crippen molar-refractivity contribution in [3.63, 3.8) is 0 Å². The minimum absolute atomic E-state index is 0.0536. The fraction of sp³-hybridized carbons (Fsp3) is 0.310. The number of halogens is 1. The van der Waals surface area contributed by atoms with Gasteiger partial charge in [-0.2, -0.15) is 0 Å². The van der Waals surface area contributed by atoms with E-state index < -0.39 is 28.5 Å². The van der Waals surface area contributed by atoms with E-state index in [-0.39, 0.29) is 23.4 Å². The average Bonchev–Trinajstić information content (AvgIpc) is 2.91. The fourth-order valence-electron chi connectivity index (χ4n) is 3.87. The van der Waals surface area contributed by atoms with Gasteiger partial charge in [0, 0.05) is 16.2 Å². The van der Waals surface area contributed by atoms with Gasteiger partial charge >= 0.3 is 0 Å². The summed E-state index contributed by atoms with van der Waals surface area (Å²) in [6.07, 6.45) is 0.750. The molecule has 0 aromatic heterocycles. The van der Waals surface area contributed by atoms with Crippen LogP contribution in [0.25, 0.3) is 0 Å². The summed E-state index contributed by atoms with van der Waals surface area (Å²) in [5.41, 5.74) is 2.23. The highest BCUT2D eigenvalue weighted by Crippen LogP contribution is 2.25. The molecule has 7 nitrogen and oxygen atoms in total. The zero-order valence-corrected chi connectivity index (χ0v) is 25.1. The van der Waals surface area contributed by atoms with E-state index in [1.807, 2.05) is 45.0 Å². The number of amides is 2. The predicted octanol–water partition coefficient (Wildman–Crippen LogP) is 5.13. The van der Waals surface area contributed by atoms with Gasteiger partial charge < -0.3 is 10.2 Å². The smallest absolute Gasteiger partial charge is 0.264 e. The summed E-state index contributed by atoms with van der Waals surface area (Å²) in [6.45, 7) is 7.22. The lowest BCUT2D eigenvalue weighted by Gasteiger charge is -2.32. The molecule has 0 unspecified atom stereocenters. The molecule has 2 atom stereocenters. The number of nitrogens with zero attached hydrogens (tertiary/aromatic N) is 2. The predicted molar refractivity (Wildman–Crippen MR) is 159 cm³/mol. The molecule has 0 aliphatic heterocycles. The first-order chi connectivity index (χ1) is 18.0. The van der Waals surface area contributed by atoms with E-state index in [0.29, 0.717) is 5.69 Å². The highest BCUT2D eigenvalue weighted by molar-refractivity contribution is 14.1. The van der Waals surface area contributed by atoms with Crippen molar-refractivity contribution in [1.82, 2.24) is 10.2 Å². The largest absolute Gasteiger partial charge is 0.352 e. The Balaban J connectivity index is 2.02. The standard InChI is InChI=1S/C29H34IN3O4S/c1-5-22(3)31-29(35)23(4)32(19-24-12-10-9-11-21(24)2)28(34)20-33(26-17-15-25(30)16-18-26)38(36,37)27-13-7-6-8-14-27/h6-18,22-23H,5,19-20H2,1-4H3,(H,31,35)/t22-,23-/m1/s1. The van der Waals surface area contributed by atoms with Gasteiger partial charge in [-0.05, 0) is 97.3 Å². The number of sulfonamides is 1. The molecule has 3 aromatic carbocycles. The van der Waals surface area contributed by atoms with Gasteiger partial charge in [-0.1, -0.05) is 49.4 Å². The van der Waals surface area contributed by atoms with E-state index in [2.05, 4.69) is 27.9 Å². The van der Waals surface area contributed by atoms with Crippen molar-refractivity contribution in [2.24, 2.45) is 0 Å². The molecule has 9 heteroatoms. The number of carbonyl (C=O) groups excluding carboxylic acids is 2. The third-order valence-electron chi connectivity index (χ3n) is 6.49. The van der Waals surface area contributed by atoms with Gasteiger partial charge in [-0.25, -0.2) is 8.42 Å². The van der Waals surface area contributed by atoms with Gasteiger partial charge in [0.1, 0.15) is 12.6 Å². The summed E-state index contributed by atoms with van der Waals surface area (Å²) in [4.78, 5) is 28.6.